The predicted octanol–water partition coefficient (Wildman–Crippen LogP) is 1.86. The van der Waals surface area contributed by atoms with Crippen molar-refractivity contribution in [2.75, 3.05) is 29.4 Å². The number of aromatic nitrogens is 6. The summed E-state index contributed by atoms with van der Waals surface area (Å²) in [7, 11) is -9.89. The number of alkyl halides is 2. The van der Waals surface area contributed by atoms with Gasteiger partial charge in [-0.15, -0.1) is 43.7 Å². The van der Waals surface area contributed by atoms with Crippen LogP contribution in [0.25, 0.3) is 45.0 Å². The molecule has 6 N–H and O–H groups in total. The summed E-state index contributed by atoms with van der Waals surface area (Å²) in [4.78, 5) is 52.8. The van der Waals surface area contributed by atoms with Crippen molar-refractivity contribution in [3.8, 4) is 45.0 Å². The number of rotatable bonds is 22. The van der Waals surface area contributed by atoms with Crippen molar-refractivity contribution in [1.82, 2.24) is 39.7 Å². The van der Waals surface area contributed by atoms with Crippen molar-refractivity contribution >= 4 is 58.7 Å². The third-order valence-electron chi connectivity index (χ3n) is 12.3. The van der Waals surface area contributed by atoms with Crippen molar-refractivity contribution in [3.05, 3.63) is 277 Å². The summed E-state index contributed by atoms with van der Waals surface area (Å²) in [5.74, 6) is -0.617. The minimum atomic E-state index is -4.94. The Morgan fingerprint density at radius 2 is 0.556 bits per heavy atom. The van der Waals surface area contributed by atoms with Gasteiger partial charge in [0.25, 0.3) is 0 Å². The normalized spacial score (nSPS) is 10.2. The van der Waals surface area contributed by atoms with Crippen molar-refractivity contribution in [2.45, 2.75) is 52.1 Å². The Kier molecular flexibility index (Phi) is 49.3. The Bertz CT molecular complexity index is 3300. The van der Waals surface area contributed by atoms with Gasteiger partial charge in [0.15, 0.2) is 0 Å². The van der Waals surface area contributed by atoms with Crippen LogP contribution in [0.4, 0.5) is 0 Å². The molecule has 0 unspecified atom stereocenters. The number of carbonyl (C=O) groups is 2. The average molecular weight is 1560 g/mol. The fourth-order valence-corrected chi connectivity index (χ4v) is 9.16. The summed E-state index contributed by atoms with van der Waals surface area (Å²) < 4.78 is 67.9. The van der Waals surface area contributed by atoms with Gasteiger partial charge in [-0.2, -0.15) is 23.5 Å². The summed E-state index contributed by atoms with van der Waals surface area (Å²) in [5, 5.41) is 19.5. The zero-order valence-electron chi connectivity index (χ0n) is 53.5. The van der Waals surface area contributed by atoms with Crippen molar-refractivity contribution in [1.29, 1.82) is 0 Å². The molecule has 6 aromatic heterocycles. The Labute approximate surface area is 618 Å². The number of hydrogen-bond acceptors (Lipinski definition) is 22. The molecule has 0 aliphatic rings. The largest absolute Gasteiger partial charge is 3.00 e. The monoisotopic (exact) mass is 1560 g/mol. The van der Waals surface area contributed by atoms with Crippen molar-refractivity contribution < 1.29 is 121 Å². The molecule has 0 amide bonds. The smallest absolute Gasteiger partial charge is 0.550 e. The molecular formula is C69H74Cl4N8Ni2O14S2+4. The van der Waals surface area contributed by atoms with Crippen LogP contribution in [0.1, 0.15) is 47.0 Å². The van der Waals surface area contributed by atoms with Gasteiger partial charge in [-0.3, -0.25) is 39.7 Å². The number of hydrogen-bond donors (Lipinski definition) is 0. The van der Waals surface area contributed by atoms with Crippen LogP contribution < -0.4 is 47.5 Å². The molecule has 10 aromatic rings. The van der Waals surface area contributed by atoms with Gasteiger partial charge in [-0.25, -0.2) is 37.3 Å². The average Bonchev–Trinajstić information content (AvgIpc) is 0.857. The van der Waals surface area contributed by atoms with E-state index in [0.29, 0.717) is 37.7 Å². The Morgan fingerprint density at radius 1 is 0.354 bits per heavy atom. The van der Waals surface area contributed by atoms with Crippen molar-refractivity contribution in [2.24, 2.45) is 0 Å². The minimum Gasteiger partial charge on any atom is -0.550 e. The van der Waals surface area contributed by atoms with E-state index in [4.69, 9.17) is 80.4 Å². The van der Waals surface area contributed by atoms with Gasteiger partial charge < -0.3 is 30.8 Å². The number of carboxylic acid groups (broad SMARTS) is 2. The van der Waals surface area contributed by atoms with E-state index in [0.717, 1.165) is 92.3 Å². The van der Waals surface area contributed by atoms with Crippen LogP contribution in [0.5, 0.6) is 0 Å². The van der Waals surface area contributed by atoms with Gasteiger partial charge >= 0.3 is 33.0 Å². The first kappa shape index (κ1) is 92.1. The molecule has 10 rings (SSSR count). The van der Waals surface area contributed by atoms with E-state index in [9.17, 15) is 19.8 Å². The molecule has 0 fully saturated rings. The molecular weight excluding hydrogens is 1490 g/mol. The molecule has 0 spiro atoms. The Hall–Kier alpha value is -6.91. The minimum absolute atomic E-state index is 0. The van der Waals surface area contributed by atoms with E-state index in [-0.39, 0.29) is 62.1 Å². The van der Waals surface area contributed by atoms with Crippen LogP contribution >= 0.6 is 46.7 Å². The molecule has 2 radical (unpaired) electrons. The Balaban J connectivity index is 0.00000138. The SMILES string of the molecule is CSCCC(=O)[O-].CSCCC(=O)[O-].ClCCl.[Ni+3].[Ni+3].[O-][Cl+3]([O-])([O-])[O-].[O-][Cl+3]([O-])([O-])[O-].[OH3+].[OH3+].c1ccc(-c2cccc(CN(Cc3ccccn3)Cc3cccc(-c4ccccc4)n3)n2)cc1.c1ccc(-c2cccc(CN(Cc3ccccn3)Cc3cccc(-c4ccccc4)n3)n2)cc1. The number of aliphatic carboxylic acids is 2. The Morgan fingerprint density at radius 3 is 0.737 bits per heavy atom. The molecule has 0 aliphatic carbocycles. The first-order valence-electron chi connectivity index (χ1n) is 28.7. The zero-order chi connectivity index (χ0) is 69.1. The molecule has 0 bridgehead atoms. The standard InChI is InChI=1S/2C30H26N4.2C4H8O2S.CH2Cl2.2ClHO4.2Ni.2H2O/c2*1-3-11-24(12-4-1)29-18-9-16-27(32-29)22-34(21-26-15-7-8-20-31-26)23-28-17-10-19-30(33-28)25-13-5-2-6-14-25;2*1-7-3-2-4(5)6;2-1-3;2*2-1(3,4)5;;;;/h2*1-20H,21-23H2;2*2-3H2,1H3,(H,5,6);1H2;2*(H,2,3,4,5);;;2*1H2/q;;;;;;;2*+3;;/p-2. The van der Waals surface area contributed by atoms with Gasteiger partial charge in [0.1, 0.15) is 0 Å². The van der Waals surface area contributed by atoms with Gasteiger partial charge in [-0.1, -0.05) is 158 Å². The second-order valence-corrected chi connectivity index (χ2v) is 23.8. The van der Waals surface area contributed by atoms with E-state index >= 15 is 0 Å². The first-order valence-corrected chi connectivity index (χ1v) is 35.0. The van der Waals surface area contributed by atoms with E-state index in [1.807, 2.05) is 122 Å². The summed E-state index contributed by atoms with van der Waals surface area (Å²) in [6.45, 7) is 4.25. The fourth-order valence-electron chi connectivity index (χ4n) is 8.41. The number of nitrogens with zero attached hydrogens (tertiary/aromatic N) is 8. The number of pyridine rings is 6. The molecule has 0 aliphatic heterocycles. The predicted molar refractivity (Wildman–Crippen MR) is 355 cm³/mol. The molecule has 22 nitrogen and oxygen atoms in total. The zero-order valence-corrected chi connectivity index (χ0v) is 60.1. The maximum absolute atomic E-state index is 9.63. The summed E-state index contributed by atoms with van der Waals surface area (Å²) in [5.41, 5.74) is 14.6. The van der Waals surface area contributed by atoms with E-state index < -0.39 is 32.4 Å². The molecule has 0 saturated heterocycles. The number of carboxylic acids is 2. The first-order chi connectivity index (χ1) is 45.6. The number of halogens is 4. The molecule has 0 saturated carbocycles. The van der Waals surface area contributed by atoms with Crippen LogP contribution in [-0.2, 0) is 92.8 Å². The van der Waals surface area contributed by atoms with Gasteiger partial charge in [0, 0.05) is 85.9 Å². The topological polar surface area (TPSA) is 415 Å². The van der Waals surface area contributed by atoms with Crippen LogP contribution in [0.3, 0.4) is 0 Å². The molecule has 6 heterocycles. The number of carbonyl (C=O) groups excluding carboxylic acids is 2. The summed E-state index contributed by atoms with van der Waals surface area (Å²) >= 11 is 12.5. The van der Waals surface area contributed by atoms with Crippen LogP contribution in [0.2, 0.25) is 0 Å². The van der Waals surface area contributed by atoms with Gasteiger partial charge in [-0.05, 0) is 110 Å². The van der Waals surface area contributed by atoms with E-state index in [1.54, 1.807) is 0 Å². The van der Waals surface area contributed by atoms with Crippen LogP contribution in [-0.4, -0.2) is 81.0 Å². The maximum atomic E-state index is 9.63. The molecule has 0 atom stereocenters. The molecule has 99 heavy (non-hydrogen) atoms. The molecule has 4 aromatic carbocycles. The van der Waals surface area contributed by atoms with Crippen molar-refractivity contribution in [3.63, 3.8) is 0 Å². The van der Waals surface area contributed by atoms with E-state index in [1.165, 1.54) is 23.5 Å². The van der Waals surface area contributed by atoms with E-state index in [2.05, 4.69) is 153 Å². The molecule has 30 heteroatoms. The van der Waals surface area contributed by atoms with Crippen LogP contribution in [0.15, 0.2) is 243 Å². The third kappa shape index (κ3) is 43.4. The summed E-state index contributed by atoms with van der Waals surface area (Å²) in [6.07, 6.45) is 7.75. The van der Waals surface area contributed by atoms with Gasteiger partial charge in [0.05, 0.1) is 62.3 Å². The number of benzene rings is 4. The maximum Gasteiger partial charge on any atom is 3.00 e. The fraction of sp³-hybridized carbons (Fsp3) is 0.188. The quantitative estimate of drug-likeness (QED) is 0.0531. The second kappa shape index (κ2) is 53.0. The third-order valence-corrected chi connectivity index (χ3v) is 13.5. The summed E-state index contributed by atoms with van der Waals surface area (Å²) in [6, 6.07) is 78.2. The van der Waals surface area contributed by atoms with Crippen LogP contribution in [0, 0.1) is 20.5 Å². The molecule has 530 valence electrons. The second-order valence-electron chi connectivity index (χ2n) is 19.5. The number of thioether (sulfide) groups is 2. The van der Waals surface area contributed by atoms with Gasteiger partial charge in [0.2, 0.25) is 0 Å².